The maximum absolute atomic E-state index is 11.3. The summed E-state index contributed by atoms with van der Waals surface area (Å²) in [6, 6.07) is 11.1. The molecule has 1 aromatic carbocycles. The first-order chi connectivity index (χ1) is 9.97. The van der Waals surface area contributed by atoms with Gasteiger partial charge in [0, 0.05) is 25.7 Å². The minimum Gasteiger partial charge on any atom is -0.369 e. The van der Waals surface area contributed by atoms with Gasteiger partial charge in [0.2, 0.25) is 5.91 Å². The Labute approximate surface area is 127 Å². The molecule has 0 aromatic heterocycles. The summed E-state index contributed by atoms with van der Waals surface area (Å²) < 4.78 is 0. The summed E-state index contributed by atoms with van der Waals surface area (Å²) in [5.41, 5.74) is 6.32. The standard InChI is InChI=1S/C17H27N3O/c1-17(2,16(18)21)13-19-15-9-11-20(12-15)10-8-14-6-4-3-5-7-14/h3-7,15,19H,8-13H2,1-2H3,(H2,18,21). The Hall–Kier alpha value is -1.39. The molecule has 1 aliphatic rings. The van der Waals surface area contributed by atoms with Crippen LogP contribution in [0.2, 0.25) is 0 Å². The summed E-state index contributed by atoms with van der Waals surface area (Å²) in [4.78, 5) is 13.8. The lowest BCUT2D eigenvalue weighted by atomic mass is 9.92. The normalized spacial score (nSPS) is 19.8. The van der Waals surface area contributed by atoms with Crippen molar-refractivity contribution in [2.75, 3.05) is 26.2 Å². The molecule has 1 heterocycles. The number of amides is 1. The second-order valence-corrected chi connectivity index (χ2v) is 6.65. The molecule has 0 saturated carbocycles. The number of likely N-dealkylation sites (tertiary alicyclic amines) is 1. The summed E-state index contributed by atoms with van der Waals surface area (Å²) in [6.45, 7) is 7.72. The summed E-state index contributed by atoms with van der Waals surface area (Å²) in [7, 11) is 0. The molecule has 4 heteroatoms. The zero-order valence-corrected chi connectivity index (χ0v) is 13.1. The number of rotatable bonds is 7. The van der Waals surface area contributed by atoms with Crippen LogP contribution in [0.25, 0.3) is 0 Å². The SMILES string of the molecule is CC(C)(CNC1CCN(CCc2ccccc2)C1)C(N)=O. The van der Waals surface area contributed by atoms with Crippen molar-refractivity contribution in [1.82, 2.24) is 10.2 Å². The molecular weight excluding hydrogens is 262 g/mol. The summed E-state index contributed by atoms with van der Waals surface area (Å²) in [6.07, 6.45) is 2.24. The average molecular weight is 289 g/mol. The topological polar surface area (TPSA) is 58.4 Å². The predicted molar refractivity (Wildman–Crippen MR) is 86.0 cm³/mol. The van der Waals surface area contributed by atoms with Crippen LogP contribution >= 0.6 is 0 Å². The van der Waals surface area contributed by atoms with Gasteiger partial charge in [0.05, 0.1) is 5.41 Å². The number of hydrogen-bond acceptors (Lipinski definition) is 3. The van der Waals surface area contributed by atoms with Gasteiger partial charge in [-0.25, -0.2) is 0 Å². The van der Waals surface area contributed by atoms with E-state index in [0.29, 0.717) is 12.6 Å². The molecule has 0 spiro atoms. The fourth-order valence-electron chi connectivity index (χ4n) is 2.62. The summed E-state index contributed by atoms with van der Waals surface area (Å²) in [5.74, 6) is -0.242. The van der Waals surface area contributed by atoms with Crippen LogP contribution < -0.4 is 11.1 Å². The van der Waals surface area contributed by atoms with Gasteiger partial charge >= 0.3 is 0 Å². The minimum atomic E-state index is -0.475. The number of hydrogen-bond donors (Lipinski definition) is 2. The van der Waals surface area contributed by atoms with E-state index in [-0.39, 0.29) is 5.91 Å². The lowest BCUT2D eigenvalue weighted by Gasteiger charge is -2.24. The third-order valence-electron chi connectivity index (χ3n) is 4.33. The number of carbonyl (C=O) groups excluding carboxylic acids is 1. The van der Waals surface area contributed by atoms with E-state index < -0.39 is 5.41 Å². The van der Waals surface area contributed by atoms with Crippen molar-refractivity contribution < 1.29 is 4.79 Å². The molecule has 1 amide bonds. The minimum absolute atomic E-state index is 0.242. The van der Waals surface area contributed by atoms with E-state index >= 15 is 0 Å². The number of nitrogens with one attached hydrogen (secondary N) is 1. The number of nitrogens with zero attached hydrogens (tertiary/aromatic N) is 1. The number of carbonyl (C=O) groups is 1. The summed E-state index contributed by atoms with van der Waals surface area (Å²) >= 11 is 0. The summed E-state index contributed by atoms with van der Waals surface area (Å²) in [5, 5.41) is 3.49. The monoisotopic (exact) mass is 289 g/mol. The molecule has 116 valence electrons. The largest absolute Gasteiger partial charge is 0.369 e. The molecule has 3 N–H and O–H groups in total. The van der Waals surface area contributed by atoms with Crippen LogP contribution in [0, 0.1) is 5.41 Å². The zero-order chi connectivity index (χ0) is 15.3. The fourth-order valence-corrected chi connectivity index (χ4v) is 2.62. The molecule has 0 radical (unpaired) electrons. The third kappa shape index (κ3) is 4.83. The van der Waals surface area contributed by atoms with Crippen molar-refractivity contribution in [1.29, 1.82) is 0 Å². The van der Waals surface area contributed by atoms with Gasteiger partial charge in [-0.2, -0.15) is 0 Å². The zero-order valence-electron chi connectivity index (χ0n) is 13.1. The van der Waals surface area contributed by atoms with E-state index in [1.54, 1.807) is 0 Å². The Morgan fingerprint density at radius 3 is 2.76 bits per heavy atom. The van der Waals surface area contributed by atoms with Crippen LogP contribution in [0.3, 0.4) is 0 Å². The first-order valence-corrected chi connectivity index (χ1v) is 7.77. The molecule has 1 aromatic rings. The highest BCUT2D eigenvalue weighted by atomic mass is 16.1. The van der Waals surface area contributed by atoms with Gasteiger partial charge in [-0.1, -0.05) is 30.3 Å². The molecule has 0 aliphatic carbocycles. The Morgan fingerprint density at radius 1 is 1.38 bits per heavy atom. The second kappa shape index (κ2) is 7.05. The van der Waals surface area contributed by atoms with Crippen LogP contribution in [-0.2, 0) is 11.2 Å². The van der Waals surface area contributed by atoms with E-state index in [2.05, 4.69) is 40.5 Å². The molecule has 1 unspecified atom stereocenters. The van der Waals surface area contributed by atoms with Crippen molar-refractivity contribution in [3.8, 4) is 0 Å². The van der Waals surface area contributed by atoms with E-state index in [1.807, 2.05) is 13.8 Å². The van der Waals surface area contributed by atoms with Gasteiger partial charge in [0.15, 0.2) is 0 Å². The quantitative estimate of drug-likeness (QED) is 0.798. The molecule has 21 heavy (non-hydrogen) atoms. The van der Waals surface area contributed by atoms with Crippen LogP contribution in [0.5, 0.6) is 0 Å². The first kappa shape index (κ1) is 16.0. The van der Waals surface area contributed by atoms with Crippen molar-refractivity contribution in [2.24, 2.45) is 11.1 Å². The Balaban J connectivity index is 1.70. The Bertz CT molecular complexity index is 458. The van der Waals surface area contributed by atoms with Gasteiger partial charge in [-0.15, -0.1) is 0 Å². The van der Waals surface area contributed by atoms with Crippen molar-refractivity contribution in [2.45, 2.75) is 32.7 Å². The predicted octanol–water partition coefficient (Wildman–Crippen LogP) is 1.40. The highest BCUT2D eigenvalue weighted by Crippen LogP contribution is 2.15. The van der Waals surface area contributed by atoms with Gasteiger partial charge in [-0.05, 0) is 38.8 Å². The molecule has 1 atom stereocenters. The van der Waals surface area contributed by atoms with E-state index in [1.165, 1.54) is 5.56 Å². The molecule has 1 fully saturated rings. The lowest BCUT2D eigenvalue weighted by molar-refractivity contribution is -0.125. The Morgan fingerprint density at radius 2 is 2.10 bits per heavy atom. The van der Waals surface area contributed by atoms with Crippen molar-refractivity contribution >= 4 is 5.91 Å². The number of nitrogens with two attached hydrogens (primary N) is 1. The molecule has 2 rings (SSSR count). The number of benzene rings is 1. The second-order valence-electron chi connectivity index (χ2n) is 6.65. The highest BCUT2D eigenvalue weighted by Gasteiger charge is 2.28. The van der Waals surface area contributed by atoms with Crippen LogP contribution in [-0.4, -0.2) is 43.0 Å². The van der Waals surface area contributed by atoms with E-state index in [4.69, 9.17) is 5.73 Å². The fraction of sp³-hybridized carbons (Fsp3) is 0.588. The van der Waals surface area contributed by atoms with Crippen molar-refractivity contribution in [3.63, 3.8) is 0 Å². The first-order valence-electron chi connectivity index (χ1n) is 7.77. The smallest absolute Gasteiger partial charge is 0.224 e. The molecule has 1 aliphatic heterocycles. The molecule has 4 nitrogen and oxygen atoms in total. The van der Waals surface area contributed by atoms with Crippen molar-refractivity contribution in [3.05, 3.63) is 35.9 Å². The molecule has 1 saturated heterocycles. The van der Waals surface area contributed by atoms with E-state index in [0.717, 1.165) is 32.5 Å². The Kier molecular flexibility index (Phi) is 5.37. The van der Waals surface area contributed by atoms with Gasteiger partial charge in [0.1, 0.15) is 0 Å². The lowest BCUT2D eigenvalue weighted by Crippen LogP contribution is -2.44. The maximum atomic E-state index is 11.3. The average Bonchev–Trinajstić information content (AvgIpc) is 2.92. The maximum Gasteiger partial charge on any atom is 0.224 e. The third-order valence-corrected chi connectivity index (χ3v) is 4.33. The number of primary amides is 1. The molecule has 0 bridgehead atoms. The van der Waals surface area contributed by atoms with Gasteiger partial charge in [0.25, 0.3) is 0 Å². The van der Waals surface area contributed by atoms with E-state index in [9.17, 15) is 4.79 Å². The van der Waals surface area contributed by atoms with Crippen LogP contribution in [0.15, 0.2) is 30.3 Å². The van der Waals surface area contributed by atoms with Crippen LogP contribution in [0.4, 0.5) is 0 Å². The van der Waals surface area contributed by atoms with Crippen LogP contribution in [0.1, 0.15) is 25.8 Å². The van der Waals surface area contributed by atoms with Gasteiger partial charge < -0.3 is 16.0 Å². The highest BCUT2D eigenvalue weighted by molar-refractivity contribution is 5.80. The van der Waals surface area contributed by atoms with Gasteiger partial charge in [-0.3, -0.25) is 4.79 Å². The molecular formula is C17H27N3O.